The molecule has 3 aromatic rings. The molecule has 4 rings (SSSR count). The summed E-state index contributed by atoms with van der Waals surface area (Å²) >= 11 is 1.52. The Morgan fingerprint density at radius 3 is 2.60 bits per heavy atom. The van der Waals surface area contributed by atoms with Crippen molar-refractivity contribution in [2.24, 2.45) is 0 Å². The molecular weight excluding hydrogens is 334 g/mol. The Morgan fingerprint density at radius 1 is 1.12 bits per heavy atom. The zero-order chi connectivity index (χ0) is 17.1. The van der Waals surface area contributed by atoms with Crippen molar-refractivity contribution in [3.05, 3.63) is 54.6 Å². The zero-order valence-corrected chi connectivity index (χ0v) is 14.3. The number of thioether (sulfide) groups is 1. The van der Waals surface area contributed by atoms with Crippen molar-refractivity contribution in [1.29, 1.82) is 0 Å². The van der Waals surface area contributed by atoms with E-state index in [2.05, 4.69) is 20.8 Å². The van der Waals surface area contributed by atoms with Crippen LogP contribution < -0.4 is 5.32 Å². The second-order valence-electron chi connectivity index (χ2n) is 5.91. The van der Waals surface area contributed by atoms with Gasteiger partial charge in [-0.15, -0.1) is 16.9 Å². The normalized spacial score (nSPS) is 13.6. The fourth-order valence-corrected chi connectivity index (χ4v) is 3.23. The number of hydrogen-bond donors (Lipinski definition) is 1. The standard InChI is InChI=1S/C18H17N5OS/c24-17(12-25-16-4-2-1-3-5-16)19-14-8-6-13(7-9-14)18-20-21-22-23(18)15-10-11-15/h1-9,15H,10-12H2,(H,19,24). The maximum absolute atomic E-state index is 12.1. The largest absolute Gasteiger partial charge is 0.325 e. The highest BCUT2D eigenvalue weighted by Gasteiger charge is 2.28. The van der Waals surface area contributed by atoms with Gasteiger partial charge in [0.25, 0.3) is 0 Å². The third-order valence-electron chi connectivity index (χ3n) is 3.93. The van der Waals surface area contributed by atoms with Crippen molar-refractivity contribution in [3.8, 4) is 11.4 Å². The minimum absolute atomic E-state index is 0.0237. The van der Waals surface area contributed by atoms with E-state index < -0.39 is 0 Å². The van der Waals surface area contributed by atoms with Crippen molar-refractivity contribution in [3.63, 3.8) is 0 Å². The van der Waals surface area contributed by atoms with Crippen LogP contribution in [0.4, 0.5) is 5.69 Å². The van der Waals surface area contributed by atoms with Crippen LogP contribution in [0.2, 0.25) is 0 Å². The topological polar surface area (TPSA) is 72.7 Å². The Kier molecular flexibility index (Phi) is 4.47. The number of aromatic nitrogens is 4. The minimum Gasteiger partial charge on any atom is -0.325 e. The summed E-state index contributed by atoms with van der Waals surface area (Å²) in [5, 5.41) is 14.9. The summed E-state index contributed by atoms with van der Waals surface area (Å²) in [6, 6.07) is 18.0. The minimum atomic E-state index is -0.0237. The Hall–Kier alpha value is -2.67. The zero-order valence-electron chi connectivity index (χ0n) is 13.5. The maximum atomic E-state index is 12.1. The third-order valence-corrected chi connectivity index (χ3v) is 4.94. The highest BCUT2D eigenvalue weighted by atomic mass is 32.2. The van der Waals surface area contributed by atoms with Gasteiger partial charge in [-0.3, -0.25) is 4.79 Å². The lowest BCUT2D eigenvalue weighted by atomic mass is 10.2. The van der Waals surface area contributed by atoms with E-state index in [1.807, 2.05) is 59.3 Å². The number of rotatable bonds is 6. The van der Waals surface area contributed by atoms with Gasteiger partial charge in [0.15, 0.2) is 5.82 Å². The lowest BCUT2D eigenvalue weighted by Gasteiger charge is -2.07. The fourth-order valence-electron chi connectivity index (χ4n) is 2.51. The molecule has 1 fully saturated rings. The number of nitrogens with one attached hydrogen (secondary N) is 1. The number of tetrazole rings is 1. The van der Waals surface area contributed by atoms with Crippen molar-refractivity contribution in [2.45, 2.75) is 23.8 Å². The molecule has 6 nitrogen and oxygen atoms in total. The van der Waals surface area contributed by atoms with E-state index in [1.165, 1.54) is 11.8 Å². The van der Waals surface area contributed by atoms with E-state index in [0.717, 1.165) is 34.8 Å². The second kappa shape index (κ2) is 7.06. The van der Waals surface area contributed by atoms with Crippen LogP contribution in [0.1, 0.15) is 18.9 Å². The molecule has 1 aromatic heterocycles. The maximum Gasteiger partial charge on any atom is 0.234 e. The molecule has 25 heavy (non-hydrogen) atoms. The Labute approximate surface area is 149 Å². The van der Waals surface area contributed by atoms with Gasteiger partial charge in [0.1, 0.15) is 0 Å². The molecule has 0 aliphatic heterocycles. The van der Waals surface area contributed by atoms with E-state index >= 15 is 0 Å². The van der Waals surface area contributed by atoms with Crippen LogP contribution in [-0.4, -0.2) is 31.9 Å². The number of carbonyl (C=O) groups is 1. The molecule has 7 heteroatoms. The molecule has 1 saturated carbocycles. The molecular formula is C18H17N5OS. The molecule has 0 spiro atoms. The summed E-state index contributed by atoms with van der Waals surface area (Å²) in [6.07, 6.45) is 2.26. The van der Waals surface area contributed by atoms with Gasteiger partial charge in [0.2, 0.25) is 5.91 Å². The van der Waals surface area contributed by atoms with Crippen molar-refractivity contribution in [1.82, 2.24) is 20.2 Å². The van der Waals surface area contributed by atoms with E-state index in [-0.39, 0.29) is 5.91 Å². The monoisotopic (exact) mass is 351 g/mol. The van der Waals surface area contributed by atoms with Crippen LogP contribution in [0.5, 0.6) is 0 Å². The van der Waals surface area contributed by atoms with Gasteiger partial charge < -0.3 is 5.32 Å². The van der Waals surface area contributed by atoms with E-state index in [4.69, 9.17) is 0 Å². The molecule has 0 radical (unpaired) electrons. The van der Waals surface area contributed by atoms with Crippen molar-refractivity contribution < 1.29 is 4.79 Å². The highest BCUT2D eigenvalue weighted by Crippen LogP contribution is 2.36. The summed E-state index contributed by atoms with van der Waals surface area (Å²) in [4.78, 5) is 13.2. The summed E-state index contributed by atoms with van der Waals surface area (Å²) in [5.74, 6) is 1.13. The fraction of sp³-hybridized carbons (Fsp3) is 0.222. The molecule has 0 saturated heterocycles. The van der Waals surface area contributed by atoms with Gasteiger partial charge >= 0.3 is 0 Å². The van der Waals surface area contributed by atoms with E-state index in [9.17, 15) is 4.79 Å². The van der Waals surface area contributed by atoms with Gasteiger partial charge in [-0.2, -0.15) is 0 Å². The van der Waals surface area contributed by atoms with Crippen LogP contribution in [0, 0.1) is 0 Å². The molecule has 1 aliphatic rings. The van der Waals surface area contributed by atoms with Crippen LogP contribution in [-0.2, 0) is 4.79 Å². The van der Waals surface area contributed by atoms with Crippen LogP contribution >= 0.6 is 11.8 Å². The molecule has 0 unspecified atom stereocenters. The lowest BCUT2D eigenvalue weighted by Crippen LogP contribution is -2.13. The van der Waals surface area contributed by atoms with Crippen LogP contribution in [0.3, 0.4) is 0 Å². The van der Waals surface area contributed by atoms with Crippen molar-refractivity contribution >= 4 is 23.4 Å². The van der Waals surface area contributed by atoms with Gasteiger partial charge in [0.05, 0.1) is 11.8 Å². The Balaban J connectivity index is 1.37. The Morgan fingerprint density at radius 2 is 1.88 bits per heavy atom. The lowest BCUT2D eigenvalue weighted by molar-refractivity contribution is -0.113. The average molecular weight is 351 g/mol. The van der Waals surface area contributed by atoms with E-state index in [0.29, 0.717) is 11.8 Å². The van der Waals surface area contributed by atoms with Crippen LogP contribution in [0.15, 0.2) is 59.5 Å². The molecule has 126 valence electrons. The second-order valence-corrected chi connectivity index (χ2v) is 6.95. The van der Waals surface area contributed by atoms with Gasteiger partial charge in [-0.1, -0.05) is 18.2 Å². The summed E-state index contributed by atoms with van der Waals surface area (Å²) < 4.78 is 1.88. The average Bonchev–Trinajstić information content (AvgIpc) is 3.38. The predicted molar refractivity (Wildman–Crippen MR) is 97.3 cm³/mol. The quantitative estimate of drug-likeness (QED) is 0.689. The first-order valence-corrected chi connectivity index (χ1v) is 9.14. The number of nitrogens with zero attached hydrogens (tertiary/aromatic N) is 4. The smallest absolute Gasteiger partial charge is 0.234 e. The van der Waals surface area contributed by atoms with Gasteiger partial charge in [-0.05, 0) is 59.7 Å². The number of hydrogen-bond acceptors (Lipinski definition) is 5. The SMILES string of the molecule is O=C(CSc1ccccc1)Nc1ccc(-c2nnnn2C2CC2)cc1. The molecule has 0 atom stereocenters. The molecule has 1 N–H and O–H groups in total. The predicted octanol–water partition coefficient (Wildman–Crippen LogP) is 3.41. The molecule has 2 aromatic carbocycles. The van der Waals surface area contributed by atoms with Crippen LogP contribution in [0.25, 0.3) is 11.4 Å². The number of anilines is 1. The molecule has 1 aliphatic carbocycles. The summed E-state index contributed by atoms with van der Waals surface area (Å²) in [5.41, 5.74) is 1.72. The number of carbonyl (C=O) groups excluding carboxylic acids is 1. The Bertz CT molecular complexity index is 859. The van der Waals surface area contributed by atoms with E-state index in [1.54, 1.807) is 0 Å². The first-order valence-electron chi connectivity index (χ1n) is 8.15. The molecule has 1 amide bonds. The van der Waals surface area contributed by atoms with Crippen molar-refractivity contribution in [2.75, 3.05) is 11.1 Å². The van der Waals surface area contributed by atoms with Gasteiger partial charge in [-0.25, -0.2) is 4.68 Å². The summed E-state index contributed by atoms with van der Waals surface area (Å²) in [6.45, 7) is 0. The first-order chi connectivity index (χ1) is 12.3. The first kappa shape index (κ1) is 15.8. The number of amides is 1. The highest BCUT2D eigenvalue weighted by molar-refractivity contribution is 8.00. The van der Waals surface area contributed by atoms with Gasteiger partial charge in [0, 0.05) is 16.1 Å². The third kappa shape index (κ3) is 3.88. The summed E-state index contributed by atoms with van der Waals surface area (Å²) in [7, 11) is 0. The molecule has 1 heterocycles. The molecule has 0 bridgehead atoms. The number of benzene rings is 2.